The van der Waals surface area contributed by atoms with Gasteiger partial charge in [0.2, 0.25) is 0 Å². The minimum atomic E-state index is -0.303. The van der Waals surface area contributed by atoms with Crippen LogP contribution in [0.5, 0.6) is 0 Å². The molecule has 1 saturated heterocycles. The Bertz CT molecular complexity index is 1370. The van der Waals surface area contributed by atoms with Gasteiger partial charge in [-0.25, -0.2) is 0 Å². The molecule has 4 N–H and O–H groups in total. The van der Waals surface area contributed by atoms with Crippen LogP contribution in [0.4, 0.5) is 0 Å². The average Bonchev–Trinajstić information content (AvgIpc) is 0.854. The van der Waals surface area contributed by atoms with Gasteiger partial charge in [-0.2, -0.15) is 0 Å². The highest BCUT2D eigenvalue weighted by Gasteiger charge is 2.28. The lowest BCUT2D eigenvalue weighted by atomic mass is 10.0. The van der Waals surface area contributed by atoms with Gasteiger partial charge in [0.25, 0.3) is 0 Å². The maximum absolute atomic E-state index is 11.3. The molecule has 8 nitrogen and oxygen atoms in total. The van der Waals surface area contributed by atoms with E-state index in [2.05, 4.69) is 61.1 Å². The Morgan fingerprint density at radius 1 is 0.250 bits per heavy atom. The Balaban J connectivity index is 2.48. The van der Waals surface area contributed by atoms with Crippen molar-refractivity contribution in [2.45, 2.75) is 476 Å². The highest BCUT2D eigenvalue weighted by atomic mass is 33.1. The fraction of sp³-hybridized carbons (Fsp3) is 1.00. The maximum atomic E-state index is 11.3. The van der Waals surface area contributed by atoms with Crippen molar-refractivity contribution in [2.75, 3.05) is 88.5 Å². The summed E-state index contributed by atoms with van der Waals surface area (Å²) in [5.41, 5.74) is 0. The van der Waals surface area contributed by atoms with Gasteiger partial charge in [-0.05, 0) is 65.5 Å². The van der Waals surface area contributed by atoms with Crippen molar-refractivity contribution in [2.24, 2.45) is 0 Å². The molecule has 0 aliphatic carbocycles. The minimum Gasteiger partial charge on any atom is -0.392 e. The average molecular weight is 1490 g/mol. The molecular weight excluding hydrogens is 1310 g/mol. The normalized spacial score (nSPS) is 16.1. The second-order valence-electron chi connectivity index (χ2n) is 32.4. The van der Waals surface area contributed by atoms with Gasteiger partial charge in [-0.3, -0.25) is 19.6 Å². The molecule has 600 valence electrons. The number of aliphatic hydroxyl groups excluding tert-OH is 4. The van der Waals surface area contributed by atoms with E-state index in [0.717, 1.165) is 126 Å². The van der Waals surface area contributed by atoms with Gasteiger partial charge in [0.1, 0.15) is 0 Å². The molecule has 100 heavy (non-hydrogen) atoms. The molecule has 0 aromatic carbocycles. The van der Waals surface area contributed by atoms with Crippen LogP contribution in [0.2, 0.25) is 0 Å². The molecule has 0 aromatic rings. The highest BCUT2D eigenvalue weighted by molar-refractivity contribution is 8.77. The molecule has 0 aromatic heterocycles. The van der Waals surface area contributed by atoms with Crippen LogP contribution in [0, 0.1) is 0 Å². The van der Waals surface area contributed by atoms with Crippen LogP contribution in [-0.2, 0) is 0 Å². The van der Waals surface area contributed by atoms with Gasteiger partial charge in [-0.15, -0.1) is 0 Å². The molecule has 0 amide bonds. The van der Waals surface area contributed by atoms with Crippen LogP contribution in [0.25, 0.3) is 0 Å². The molecule has 1 fully saturated rings. The second kappa shape index (κ2) is 79.6. The first-order valence-electron chi connectivity index (χ1n) is 45.3. The van der Waals surface area contributed by atoms with Crippen LogP contribution in [-0.4, -0.2) is 165 Å². The first kappa shape index (κ1) is 99.1. The summed E-state index contributed by atoms with van der Waals surface area (Å²) in [5, 5.41) is 45.2. The fourth-order valence-electron chi connectivity index (χ4n) is 15.5. The SMILES string of the molecule is CCCCCCCCCCCCCCCCC(O)CN(CCCSSCCN1CC(C)N(CCSSCCCN(CC(O)CCCCCCCCCCCCCCCC)CC(O)CCCCCCCCCCCCCCCC)CC1C)CC(O)CCCCCCCCCCCCCCCC. The zero-order valence-corrected chi connectivity index (χ0v) is 71.7. The number of hydrogen-bond acceptors (Lipinski definition) is 12. The molecule has 6 unspecified atom stereocenters. The largest absolute Gasteiger partial charge is 0.392 e. The topological polar surface area (TPSA) is 93.9 Å². The van der Waals surface area contributed by atoms with Crippen LogP contribution in [0.3, 0.4) is 0 Å². The van der Waals surface area contributed by atoms with E-state index in [9.17, 15) is 20.4 Å². The number of rotatable bonds is 84. The van der Waals surface area contributed by atoms with Crippen LogP contribution >= 0.6 is 43.2 Å². The van der Waals surface area contributed by atoms with E-state index in [4.69, 9.17) is 0 Å². The summed E-state index contributed by atoms with van der Waals surface area (Å²) in [7, 11) is 8.14. The van der Waals surface area contributed by atoms with Crippen LogP contribution in [0.1, 0.15) is 440 Å². The van der Waals surface area contributed by atoms with Crippen LogP contribution < -0.4 is 0 Å². The molecule has 12 heteroatoms. The third kappa shape index (κ3) is 69.5. The smallest absolute Gasteiger partial charge is 0.0667 e. The van der Waals surface area contributed by atoms with E-state index in [1.165, 1.54) is 334 Å². The van der Waals surface area contributed by atoms with E-state index in [-0.39, 0.29) is 24.4 Å². The van der Waals surface area contributed by atoms with Crippen molar-refractivity contribution in [1.82, 2.24) is 19.6 Å². The molecule has 0 saturated carbocycles. The van der Waals surface area contributed by atoms with Gasteiger partial charge in [0, 0.05) is 87.5 Å². The zero-order chi connectivity index (χ0) is 72.3. The van der Waals surface area contributed by atoms with E-state index >= 15 is 0 Å². The summed E-state index contributed by atoms with van der Waals surface area (Å²) < 4.78 is 0. The molecule has 1 heterocycles. The molecule has 1 rings (SSSR count). The van der Waals surface area contributed by atoms with Crippen molar-refractivity contribution in [3.63, 3.8) is 0 Å². The number of hydrogen-bond donors (Lipinski definition) is 4. The quantitative estimate of drug-likeness (QED) is 0.0345. The van der Waals surface area contributed by atoms with Crippen molar-refractivity contribution >= 4 is 43.2 Å². The Hall–Kier alpha value is 1.08. The highest BCUT2D eigenvalue weighted by Crippen LogP contribution is 2.27. The van der Waals surface area contributed by atoms with Crippen molar-refractivity contribution < 1.29 is 20.4 Å². The number of aliphatic hydroxyl groups is 4. The van der Waals surface area contributed by atoms with E-state index in [0.29, 0.717) is 38.3 Å². The molecule has 6 atom stereocenters. The number of piperazine rings is 1. The first-order chi connectivity index (χ1) is 49.1. The first-order valence-corrected chi connectivity index (χ1v) is 50.2. The van der Waals surface area contributed by atoms with Gasteiger partial charge >= 0.3 is 0 Å². The Kier molecular flexibility index (Phi) is 78.9. The fourth-order valence-corrected chi connectivity index (χ4v) is 19.7. The lowest BCUT2D eigenvalue weighted by Gasteiger charge is -2.44. The van der Waals surface area contributed by atoms with Crippen LogP contribution in [0.15, 0.2) is 0 Å². The predicted molar refractivity (Wildman–Crippen MR) is 458 cm³/mol. The summed E-state index contributed by atoms with van der Waals surface area (Å²) in [6, 6.07) is 1.14. The standard InChI is InChI=1S/C88H180N4O4S4/c1-7-11-15-19-23-27-31-35-39-43-47-51-55-59-65-85(93)79-89(80-86(94)66-60-56-52-48-44-40-36-32-28-24-20-16-12-8-2)69-63-73-97-99-75-71-91-77-84(6)92(78-83(91)5)72-76-100-98-74-64-70-90(81-87(95)67-61-57-53-49-45-41-37-33-29-25-21-17-13-9-3)82-88(96)68-62-58-54-50-46-42-38-34-30-26-22-18-14-10-4/h83-88,93-96H,7-82H2,1-6H3. The van der Waals surface area contributed by atoms with E-state index < -0.39 is 0 Å². The minimum absolute atomic E-state index is 0.303. The summed E-state index contributed by atoms with van der Waals surface area (Å²) in [5.74, 6) is 4.54. The lowest BCUT2D eigenvalue weighted by Crippen LogP contribution is -2.57. The summed E-state index contributed by atoms with van der Waals surface area (Å²) in [6.45, 7) is 23.4. The summed E-state index contributed by atoms with van der Waals surface area (Å²) >= 11 is 0. The molecule has 1 aliphatic rings. The number of unbranched alkanes of at least 4 members (excludes halogenated alkanes) is 52. The lowest BCUT2D eigenvalue weighted by molar-refractivity contribution is 0.0516. The van der Waals surface area contributed by atoms with E-state index in [1.54, 1.807) is 0 Å². The Morgan fingerprint density at radius 3 is 0.610 bits per heavy atom. The maximum Gasteiger partial charge on any atom is 0.0667 e. The number of nitrogens with zero attached hydrogens (tertiary/aromatic N) is 4. The Morgan fingerprint density at radius 2 is 0.420 bits per heavy atom. The van der Waals surface area contributed by atoms with Gasteiger partial charge in [0.15, 0.2) is 0 Å². The zero-order valence-electron chi connectivity index (χ0n) is 68.4. The third-order valence-electron chi connectivity index (χ3n) is 22.2. The van der Waals surface area contributed by atoms with Crippen molar-refractivity contribution in [3.05, 3.63) is 0 Å². The second-order valence-corrected chi connectivity index (χ2v) is 37.8. The summed E-state index contributed by atoms with van der Waals surface area (Å²) in [4.78, 5) is 10.3. The third-order valence-corrected chi connectivity index (χ3v) is 27.1. The predicted octanol–water partition coefficient (Wildman–Crippen LogP) is 26.5. The van der Waals surface area contributed by atoms with Crippen molar-refractivity contribution in [1.29, 1.82) is 0 Å². The van der Waals surface area contributed by atoms with E-state index in [1.807, 2.05) is 43.2 Å². The Labute approximate surface area is 643 Å². The van der Waals surface area contributed by atoms with Crippen molar-refractivity contribution in [3.8, 4) is 0 Å². The molecule has 0 radical (unpaired) electrons. The van der Waals surface area contributed by atoms with Gasteiger partial charge < -0.3 is 20.4 Å². The monoisotopic (exact) mass is 1490 g/mol. The molecule has 0 bridgehead atoms. The molecule has 1 aliphatic heterocycles. The molecule has 0 spiro atoms. The summed E-state index contributed by atoms with van der Waals surface area (Å²) in [6.07, 6.45) is 80.7. The van der Waals surface area contributed by atoms with Gasteiger partial charge in [0.05, 0.1) is 24.4 Å². The van der Waals surface area contributed by atoms with Gasteiger partial charge in [-0.1, -0.05) is 430 Å². The molecular formula is C88H180N4O4S4.